The van der Waals surface area contributed by atoms with E-state index in [4.69, 9.17) is 5.11 Å². The zero-order valence-electron chi connectivity index (χ0n) is 16.0. The molecule has 0 radical (unpaired) electrons. The number of aromatic amines is 1. The maximum Gasteiger partial charge on any atom is 0.303 e. The van der Waals surface area contributed by atoms with Gasteiger partial charge in [0.25, 0.3) is 5.91 Å². The molecule has 1 unspecified atom stereocenters. The molecule has 2 amide bonds. The fraction of sp³-hybridized carbons (Fsp3) is 0.450. The minimum absolute atomic E-state index is 0.0304. The van der Waals surface area contributed by atoms with Crippen molar-refractivity contribution in [1.29, 1.82) is 0 Å². The third-order valence-corrected chi connectivity index (χ3v) is 4.22. The molecule has 4 N–H and O–H groups in total. The number of nitrogens with one attached hydrogen (secondary N) is 3. The highest BCUT2D eigenvalue weighted by atomic mass is 16.4. The molecule has 0 aliphatic rings. The fourth-order valence-corrected chi connectivity index (χ4v) is 2.65. The molecule has 2 aromatic rings. The highest BCUT2D eigenvalue weighted by molar-refractivity contribution is 6.00. The van der Waals surface area contributed by atoms with E-state index in [1.807, 2.05) is 24.3 Å². The average Bonchev–Trinajstić information content (AvgIpc) is 3.01. The van der Waals surface area contributed by atoms with Crippen molar-refractivity contribution in [3.63, 3.8) is 0 Å². The molecule has 7 heteroatoms. The van der Waals surface area contributed by atoms with Crippen LogP contribution in [-0.2, 0) is 9.59 Å². The number of hydrogen-bond donors (Lipinski definition) is 4. The van der Waals surface area contributed by atoms with Gasteiger partial charge < -0.3 is 20.7 Å². The summed E-state index contributed by atoms with van der Waals surface area (Å²) in [4.78, 5) is 38.9. The number of rotatable bonds is 8. The van der Waals surface area contributed by atoms with Crippen molar-refractivity contribution in [3.8, 4) is 0 Å². The van der Waals surface area contributed by atoms with E-state index in [9.17, 15) is 14.4 Å². The van der Waals surface area contributed by atoms with E-state index in [-0.39, 0.29) is 24.2 Å². The molecule has 0 spiro atoms. The maximum atomic E-state index is 12.5. The second-order valence-corrected chi connectivity index (χ2v) is 7.83. The van der Waals surface area contributed by atoms with E-state index < -0.39 is 17.9 Å². The van der Waals surface area contributed by atoms with E-state index >= 15 is 0 Å². The first-order chi connectivity index (χ1) is 12.7. The van der Waals surface area contributed by atoms with E-state index in [1.165, 1.54) is 0 Å². The van der Waals surface area contributed by atoms with Crippen LogP contribution in [0.4, 0.5) is 0 Å². The van der Waals surface area contributed by atoms with Gasteiger partial charge in [-0.3, -0.25) is 14.4 Å². The topological polar surface area (TPSA) is 111 Å². The summed E-state index contributed by atoms with van der Waals surface area (Å²) in [5.41, 5.74) is 1.22. The van der Waals surface area contributed by atoms with Crippen molar-refractivity contribution in [1.82, 2.24) is 15.6 Å². The SMILES string of the molecule is CC(C)(C)CCNC(=O)C(CCC(=O)O)NC(=O)c1cc2ccccc2[nH]1. The molecule has 27 heavy (non-hydrogen) atoms. The van der Waals surface area contributed by atoms with Gasteiger partial charge in [-0.1, -0.05) is 39.0 Å². The van der Waals surface area contributed by atoms with Gasteiger partial charge in [0.2, 0.25) is 5.91 Å². The van der Waals surface area contributed by atoms with Crippen LogP contribution in [0.3, 0.4) is 0 Å². The molecular weight excluding hydrogens is 346 g/mol. The van der Waals surface area contributed by atoms with Gasteiger partial charge in [-0.05, 0) is 30.4 Å². The van der Waals surface area contributed by atoms with Crippen LogP contribution in [0.5, 0.6) is 0 Å². The van der Waals surface area contributed by atoms with Crippen LogP contribution < -0.4 is 10.6 Å². The zero-order chi connectivity index (χ0) is 20.0. The summed E-state index contributed by atoms with van der Waals surface area (Å²) in [7, 11) is 0. The van der Waals surface area contributed by atoms with Crippen LogP contribution in [0.1, 0.15) is 50.5 Å². The average molecular weight is 373 g/mol. The van der Waals surface area contributed by atoms with Gasteiger partial charge >= 0.3 is 5.97 Å². The lowest BCUT2D eigenvalue weighted by Crippen LogP contribution is -2.47. The molecule has 0 fully saturated rings. The first-order valence-electron chi connectivity index (χ1n) is 9.04. The molecule has 0 aliphatic heterocycles. The van der Waals surface area contributed by atoms with Gasteiger partial charge in [-0.2, -0.15) is 0 Å². The number of fused-ring (bicyclic) bond motifs is 1. The fourth-order valence-electron chi connectivity index (χ4n) is 2.65. The minimum Gasteiger partial charge on any atom is -0.481 e. The first kappa shape index (κ1) is 20.5. The Bertz CT molecular complexity index is 787. The Balaban J connectivity index is 2.04. The lowest BCUT2D eigenvalue weighted by molar-refractivity contribution is -0.137. The van der Waals surface area contributed by atoms with E-state index in [1.54, 1.807) is 6.07 Å². The number of para-hydroxylation sites is 1. The standard InChI is InChI=1S/C20H27N3O4/c1-20(2,3)10-11-21-18(26)15(8-9-17(24)25)23-19(27)16-12-13-6-4-5-7-14(13)22-16/h4-7,12,15,22H,8-11H2,1-3H3,(H,21,26)(H,23,27)(H,24,25). The third-order valence-electron chi connectivity index (χ3n) is 4.22. The summed E-state index contributed by atoms with van der Waals surface area (Å²) < 4.78 is 0. The molecule has 0 saturated carbocycles. The van der Waals surface area contributed by atoms with Crippen LogP contribution in [0.2, 0.25) is 0 Å². The predicted molar refractivity (Wildman–Crippen MR) is 104 cm³/mol. The van der Waals surface area contributed by atoms with E-state index in [2.05, 4.69) is 36.4 Å². The monoisotopic (exact) mass is 373 g/mol. The van der Waals surface area contributed by atoms with Crippen LogP contribution in [-0.4, -0.2) is 40.5 Å². The number of benzene rings is 1. The van der Waals surface area contributed by atoms with Gasteiger partial charge in [-0.25, -0.2) is 0 Å². The van der Waals surface area contributed by atoms with Crippen LogP contribution in [0.15, 0.2) is 30.3 Å². The number of H-pyrrole nitrogens is 1. The summed E-state index contributed by atoms with van der Waals surface area (Å²) >= 11 is 0. The Kier molecular flexibility index (Phi) is 6.60. The lowest BCUT2D eigenvalue weighted by atomic mass is 9.92. The van der Waals surface area contributed by atoms with Gasteiger partial charge in [-0.15, -0.1) is 0 Å². The molecule has 1 aromatic heterocycles. The van der Waals surface area contributed by atoms with E-state index in [0.717, 1.165) is 17.3 Å². The van der Waals surface area contributed by atoms with Crippen molar-refractivity contribution in [2.24, 2.45) is 5.41 Å². The Hall–Kier alpha value is -2.83. The third kappa shape index (κ3) is 6.44. The number of aromatic nitrogens is 1. The normalized spacial score (nSPS) is 12.6. The zero-order valence-corrected chi connectivity index (χ0v) is 16.0. The Morgan fingerprint density at radius 1 is 1.19 bits per heavy atom. The van der Waals surface area contributed by atoms with E-state index in [0.29, 0.717) is 12.2 Å². The second kappa shape index (κ2) is 8.70. The number of amides is 2. The van der Waals surface area contributed by atoms with Crippen LogP contribution in [0.25, 0.3) is 10.9 Å². The smallest absolute Gasteiger partial charge is 0.303 e. The number of aliphatic carboxylic acids is 1. The molecule has 2 rings (SSSR count). The number of carboxylic acid groups (broad SMARTS) is 1. The molecule has 7 nitrogen and oxygen atoms in total. The number of carbonyl (C=O) groups excluding carboxylic acids is 2. The number of carbonyl (C=O) groups is 3. The molecule has 0 bridgehead atoms. The molecule has 146 valence electrons. The highest BCUT2D eigenvalue weighted by Crippen LogP contribution is 2.17. The summed E-state index contributed by atoms with van der Waals surface area (Å²) in [6.07, 6.45) is 0.605. The summed E-state index contributed by atoms with van der Waals surface area (Å²) in [6, 6.07) is 8.27. The molecular formula is C20H27N3O4. The van der Waals surface area contributed by atoms with Crippen molar-refractivity contribution in [2.75, 3.05) is 6.54 Å². The van der Waals surface area contributed by atoms with Gasteiger partial charge in [0.1, 0.15) is 11.7 Å². The summed E-state index contributed by atoms with van der Waals surface area (Å²) in [6.45, 7) is 6.67. The molecule has 1 aromatic carbocycles. The molecule has 0 aliphatic carbocycles. The molecule has 1 atom stereocenters. The Morgan fingerprint density at radius 3 is 2.52 bits per heavy atom. The van der Waals surface area contributed by atoms with Crippen LogP contribution >= 0.6 is 0 Å². The van der Waals surface area contributed by atoms with Crippen LogP contribution in [0, 0.1) is 5.41 Å². The summed E-state index contributed by atoms with van der Waals surface area (Å²) in [5, 5.41) is 15.3. The van der Waals surface area contributed by atoms with Gasteiger partial charge in [0.05, 0.1) is 0 Å². The minimum atomic E-state index is -1.01. The van der Waals surface area contributed by atoms with Gasteiger partial charge in [0.15, 0.2) is 0 Å². The Labute approximate surface area is 158 Å². The molecule has 0 saturated heterocycles. The predicted octanol–water partition coefficient (Wildman–Crippen LogP) is 2.68. The Morgan fingerprint density at radius 2 is 1.89 bits per heavy atom. The van der Waals surface area contributed by atoms with Crippen molar-refractivity contribution in [3.05, 3.63) is 36.0 Å². The van der Waals surface area contributed by atoms with Crippen molar-refractivity contribution < 1.29 is 19.5 Å². The largest absolute Gasteiger partial charge is 0.481 e. The maximum absolute atomic E-state index is 12.5. The molecule has 1 heterocycles. The highest BCUT2D eigenvalue weighted by Gasteiger charge is 2.23. The van der Waals surface area contributed by atoms with Crippen molar-refractivity contribution in [2.45, 2.75) is 46.1 Å². The lowest BCUT2D eigenvalue weighted by Gasteiger charge is -2.21. The van der Waals surface area contributed by atoms with Crippen molar-refractivity contribution >= 4 is 28.7 Å². The second-order valence-electron chi connectivity index (χ2n) is 7.83. The first-order valence-corrected chi connectivity index (χ1v) is 9.04. The summed E-state index contributed by atoms with van der Waals surface area (Å²) in [5.74, 6) is -1.82. The number of hydrogen-bond acceptors (Lipinski definition) is 3. The number of carboxylic acids is 1. The quantitative estimate of drug-likeness (QED) is 0.570. The van der Waals surface area contributed by atoms with Gasteiger partial charge in [0, 0.05) is 23.9 Å².